The number of aliphatic hydroxyl groups is 1. The summed E-state index contributed by atoms with van der Waals surface area (Å²) >= 11 is 3.42. The van der Waals surface area contributed by atoms with Gasteiger partial charge in [-0.2, -0.15) is 0 Å². The van der Waals surface area contributed by atoms with Crippen LogP contribution < -0.4 is 0 Å². The lowest BCUT2D eigenvalue weighted by Crippen LogP contribution is -2.42. The molecule has 0 unspecified atom stereocenters. The van der Waals surface area contributed by atoms with Gasteiger partial charge in [0, 0.05) is 13.1 Å². The van der Waals surface area contributed by atoms with E-state index >= 15 is 0 Å². The first-order valence-corrected chi connectivity index (χ1v) is 6.63. The molecule has 0 aliphatic carbocycles. The molecular formula is C12H18BrNO2. The van der Waals surface area contributed by atoms with E-state index in [-0.39, 0.29) is 0 Å². The van der Waals surface area contributed by atoms with Gasteiger partial charge in [-0.15, -0.1) is 0 Å². The lowest BCUT2D eigenvalue weighted by atomic mass is 9.89. The number of hydrogen-bond donors (Lipinski definition) is 1. The van der Waals surface area contributed by atoms with Crippen LogP contribution >= 0.6 is 15.9 Å². The Morgan fingerprint density at radius 1 is 1.50 bits per heavy atom. The Kier molecular flexibility index (Phi) is 3.72. The zero-order valence-electron chi connectivity index (χ0n) is 9.58. The molecule has 16 heavy (non-hydrogen) atoms. The normalized spacial score (nSPS) is 21.2. The molecule has 0 aromatic carbocycles. The summed E-state index contributed by atoms with van der Waals surface area (Å²) in [6.45, 7) is 5.19. The SMILES string of the molecule is CCCN1CCC(O)(c2occc2Br)CC1. The molecule has 1 aromatic heterocycles. The minimum Gasteiger partial charge on any atom is -0.465 e. The molecule has 0 radical (unpaired) electrons. The van der Waals surface area contributed by atoms with Gasteiger partial charge < -0.3 is 14.4 Å². The number of nitrogens with zero attached hydrogens (tertiary/aromatic N) is 1. The Morgan fingerprint density at radius 3 is 2.69 bits per heavy atom. The summed E-state index contributed by atoms with van der Waals surface area (Å²) in [5.41, 5.74) is -0.785. The van der Waals surface area contributed by atoms with Crippen LogP contribution in [-0.4, -0.2) is 29.6 Å². The summed E-state index contributed by atoms with van der Waals surface area (Å²) in [6.07, 6.45) is 4.29. The highest BCUT2D eigenvalue weighted by Gasteiger charge is 2.37. The van der Waals surface area contributed by atoms with Gasteiger partial charge in [-0.1, -0.05) is 6.92 Å². The molecule has 0 atom stereocenters. The predicted molar refractivity (Wildman–Crippen MR) is 66.3 cm³/mol. The van der Waals surface area contributed by atoms with Crippen molar-refractivity contribution in [1.29, 1.82) is 0 Å². The van der Waals surface area contributed by atoms with Gasteiger partial charge in [-0.25, -0.2) is 0 Å². The fourth-order valence-corrected chi connectivity index (χ4v) is 2.89. The maximum absolute atomic E-state index is 10.5. The molecular weight excluding hydrogens is 270 g/mol. The predicted octanol–water partition coefficient (Wildman–Crippen LogP) is 2.74. The van der Waals surface area contributed by atoms with Crippen LogP contribution in [0, 0.1) is 0 Å². The largest absolute Gasteiger partial charge is 0.465 e. The van der Waals surface area contributed by atoms with Crippen molar-refractivity contribution in [1.82, 2.24) is 4.90 Å². The zero-order valence-corrected chi connectivity index (χ0v) is 11.2. The van der Waals surface area contributed by atoms with E-state index in [1.807, 2.05) is 6.07 Å². The second-order valence-electron chi connectivity index (χ2n) is 4.47. The van der Waals surface area contributed by atoms with Gasteiger partial charge in [0.1, 0.15) is 11.4 Å². The second-order valence-corrected chi connectivity index (χ2v) is 5.33. The van der Waals surface area contributed by atoms with Gasteiger partial charge in [0.25, 0.3) is 0 Å². The van der Waals surface area contributed by atoms with Crippen LogP contribution in [0.3, 0.4) is 0 Å². The zero-order chi connectivity index (χ0) is 11.6. The fourth-order valence-electron chi connectivity index (χ4n) is 2.32. The highest BCUT2D eigenvalue weighted by Crippen LogP contribution is 2.37. The first kappa shape index (κ1) is 12.1. The lowest BCUT2D eigenvalue weighted by Gasteiger charge is -2.37. The Hall–Kier alpha value is -0.320. The summed E-state index contributed by atoms with van der Waals surface area (Å²) in [5, 5.41) is 10.5. The smallest absolute Gasteiger partial charge is 0.149 e. The van der Waals surface area contributed by atoms with Crippen LogP contribution in [0.15, 0.2) is 21.2 Å². The summed E-state index contributed by atoms with van der Waals surface area (Å²) in [6, 6.07) is 1.84. The minimum atomic E-state index is -0.785. The highest BCUT2D eigenvalue weighted by atomic mass is 79.9. The van der Waals surface area contributed by atoms with Gasteiger partial charge in [0.2, 0.25) is 0 Å². The van der Waals surface area contributed by atoms with Crippen molar-refractivity contribution < 1.29 is 9.52 Å². The maximum atomic E-state index is 10.5. The van der Waals surface area contributed by atoms with Crippen molar-refractivity contribution >= 4 is 15.9 Å². The summed E-state index contributed by atoms with van der Waals surface area (Å²) < 4.78 is 6.26. The van der Waals surface area contributed by atoms with Gasteiger partial charge >= 0.3 is 0 Å². The standard InChI is InChI=1S/C12H18BrNO2/c1-2-6-14-7-4-12(15,5-8-14)11-10(13)3-9-16-11/h3,9,15H,2,4-8H2,1H3. The van der Waals surface area contributed by atoms with Crippen LogP contribution in [0.4, 0.5) is 0 Å². The molecule has 3 nitrogen and oxygen atoms in total. The first-order chi connectivity index (χ1) is 7.65. The van der Waals surface area contributed by atoms with Crippen LogP contribution in [0.2, 0.25) is 0 Å². The molecule has 0 spiro atoms. The van der Waals surface area contributed by atoms with Crippen LogP contribution in [0.25, 0.3) is 0 Å². The van der Waals surface area contributed by atoms with Crippen molar-refractivity contribution in [3.63, 3.8) is 0 Å². The fraction of sp³-hybridized carbons (Fsp3) is 0.667. The average Bonchev–Trinajstić information content (AvgIpc) is 2.69. The van der Waals surface area contributed by atoms with Gasteiger partial charge in [-0.3, -0.25) is 0 Å². The molecule has 90 valence electrons. The molecule has 0 saturated carbocycles. The van der Waals surface area contributed by atoms with E-state index in [4.69, 9.17) is 4.42 Å². The quantitative estimate of drug-likeness (QED) is 0.929. The van der Waals surface area contributed by atoms with Crippen molar-refractivity contribution in [2.24, 2.45) is 0 Å². The van der Waals surface area contributed by atoms with Crippen LogP contribution in [0.1, 0.15) is 31.9 Å². The van der Waals surface area contributed by atoms with Gasteiger partial charge in [0.05, 0.1) is 10.7 Å². The first-order valence-electron chi connectivity index (χ1n) is 5.84. The Morgan fingerprint density at radius 2 is 2.19 bits per heavy atom. The third-order valence-electron chi connectivity index (χ3n) is 3.26. The number of likely N-dealkylation sites (tertiary alicyclic amines) is 1. The van der Waals surface area contributed by atoms with E-state index in [2.05, 4.69) is 27.8 Å². The van der Waals surface area contributed by atoms with Gasteiger partial charge in [0.15, 0.2) is 0 Å². The lowest BCUT2D eigenvalue weighted by molar-refractivity contribution is -0.0425. The number of piperidine rings is 1. The molecule has 1 aromatic rings. The topological polar surface area (TPSA) is 36.6 Å². The molecule has 0 amide bonds. The van der Waals surface area contributed by atoms with Gasteiger partial charge in [-0.05, 0) is 47.8 Å². The Balaban J connectivity index is 2.04. The third-order valence-corrected chi connectivity index (χ3v) is 3.89. The second kappa shape index (κ2) is 4.90. The van der Waals surface area contributed by atoms with E-state index in [1.54, 1.807) is 6.26 Å². The third kappa shape index (κ3) is 2.34. The minimum absolute atomic E-state index is 0.684. The molecule has 1 aliphatic heterocycles. The molecule has 2 rings (SSSR count). The van der Waals surface area contributed by atoms with Crippen LogP contribution in [-0.2, 0) is 5.60 Å². The monoisotopic (exact) mass is 287 g/mol. The van der Waals surface area contributed by atoms with Crippen molar-refractivity contribution in [3.8, 4) is 0 Å². The summed E-state index contributed by atoms with van der Waals surface area (Å²) in [5.74, 6) is 0.684. The number of rotatable bonds is 3. The molecule has 0 bridgehead atoms. The summed E-state index contributed by atoms with van der Waals surface area (Å²) in [7, 11) is 0. The maximum Gasteiger partial charge on any atom is 0.149 e. The van der Waals surface area contributed by atoms with E-state index in [1.165, 1.54) is 6.42 Å². The highest BCUT2D eigenvalue weighted by molar-refractivity contribution is 9.10. The Labute approximate surface area is 105 Å². The van der Waals surface area contributed by atoms with Crippen molar-refractivity contribution in [3.05, 3.63) is 22.6 Å². The van der Waals surface area contributed by atoms with Crippen molar-refractivity contribution in [2.45, 2.75) is 31.8 Å². The molecule has 4 heteroatoms. The molecule has 1 aliphatic rings. The summed E-state index contributed by atoms with van der Waals surface area (Å²) in [4.78, 5) is 2.39. The Bertz CT molecular complexity index is 343. The van der Waals surface area contributed by atoms with E-state index in [9.17, 15) is 5.11 Å². The molecule has 1 N–H and O–H groups in total. The van der Waals surface area contributed by atoms with Crippen LogP contribution in [0.5, 0.6) is 0 Å². The van der Waals surface area contributed by atoms with E-state index in [0.29, 0.717) is 5.76 Å². The number of furan rings is 1. The molecule has 1 saturated heterocycles. The number of halogens is 1. The molecule has 1 fully saturated rings. The van der Waals surface area contributed by atoms with Crippen molar-refractivity contribution in [2.75, 3.05) is 19.6 Å². The van der Waals surface area contributed by atoms with E-state index in [0.717, 1.165) is 36.9 Å². The molecule has 2 heterocycles. The van der Waals surface area contributed by atoms with E-state index < -0.39 is 5.60 Å². The number of hydrogen-bond acceptors (Lipinski definition) is 3. The average molecular weight is 288 g/mol.